The predicted molar refractivity (Wildman–Crippen MR) is 66.6 cm³/mol. The van der Waals surface area contributed by atoms with Crippen LogP contribution in [-0.4, -0.2) is 61.2 Å². The standard InChI is InChI=1S/C8H15N5O4S2/c1-11-6-8(10-7-11)18(14,15)12-2-4-13(5-3-12)19(9,16)17/h6-7H,2-5H2,1H3,(H2,9,16,17). The van der Waals surface area contributed by atoms with E-state index in [9.17, 15) is 16.8 Å². The lowest BCUT2D eigenvalue weighted by molar-refractivity contribution is 0.272. The summed E-state index contributed by atoms with van der Waals surface area (Å²) in [6, 6.07) is 0. The summed E-state index contributed by atoms with van der Waals surface area (Å²) >= 11 is 0. The van der Waals surface area contributed by atoms with Crippen LogP contribution in [0.5, 0.6) is 0 Å². The van der Waals surface area contributed by atoms with Crippen LogP contribution in [0.4, 0.5) is 0 Å². The van der Waals surface area contributed by atoms with Gasteiger partial charge < -0.3 is 4.57 Å². The van der Waals surface area contributed by atoms with Gasteiger partial charge >= 0.3 is 0 Å². The molecule has 1 saturated heterocycles. The number of hydrogen-bond acceptors (Lipinski definition) is 5. The van der Waals surface area contributed by atoms with Gasteiger partial charge in [-0.2, -0.15) is 17.0 Å². The Labute approximate surface area is 111 Å². The van der Waals surface area contributed by atoms with E-state index in [1.807, 2.05) is 0 Å². The smallest absolute Gasteiger partial charge is 0.276 e. The highest BCUT2D eigenvalue weighted by Gasteiger charge is 2.32. The molecule has 0 amide bonds. The summed E-state index contributed by atoms with van der Waals surface area (Å²) in [5.74, 6) is 0. The van der Waals surface area contributed by atoms with Crippen molar-refractivity contribution >= 4 is 20.2 Å². The molecular weight excluding hydrogens is 294 g/mol. The highest BCUT2D eigenvalue weighted by Crippen LogP contribution is 2.16. The minimum Gasteiger partial charge on any atom is -0.339 e. The molecule has 1 aromatic rings. The fourth-order valence-electron chi connectivity index (χ4n) is 1.82. The molecule has 0 unspecified atom stereocenters. The second kappa shape index (κ2) is 4.83. The van der Waals surface area contributed by atoms with Crippen molar-refractivity contribution in [1.29, 1.82) is 0 Å². The van der Waals surface area contributed by atoms with Gasteiger partial charge in [0.15, 0.2) is 5.03 Å². The Morgan fingerprint density at radius 1 is 1.11 bits per heavy atom. The Morgan fingerprint density at radius 2 is 1.63 bits per heavy atom. The van der Waals surface area contributed by atoms with Gasteiger partial charge in [-0.15, -0.1) is 0 Å². The molecule has 0 saturated carbocycles. The summed E-state index contributed by atoms with van der Waals surface area (Å²) in [5, 5.41) is 4.95. The molecule has 0 spiro atoms. The zero-order valence-electron chi connectivity index (χ0n) is 10.3. The molecule has 0 radical (unpaired) electrons. The topological polar surface area (TPSA) is 119 Å². The summed E-state index contributed by atoms with van der Waals surface area (Å²) in [6.07, 6.45) is 2.80. The molecule has 1 aliphatic rings. The third-order valence-electron chi connectivity index (χ3n) is 2.84. The van der Waals surface area contributed by atoms with Crippen molar-refractivity contribution in [3.63, 3.8) is 0 Å². The largest absolute Gasteiger partial charge is 0.339 e. The second-order valence-corrected chi connectivity index (χ2v) is 7.66. The summed E-state index contributed by atoms with van der Waals surface area (Å²) in [4.78, 5) is 3.81. The van der Waals surface area contributed by atoms with Crippen molar-refractivity contribution in [2.75, 3.05) is 26.2 Å². The van der Waals surface area contributed by atoms with E-state index in [4.69, 9.17) is 5.14 Å². The van der Waals surface area contributed by atoms with E-state index in [1.54, 1.807) is 7.05 Å². The number of rotatable bonds is 3. The molecule has 0 bridgehead atoms. The molecule has 0 atom stereocenters. The van der Waals surface area contributed by atoms with E-state index in [0.717, 1.165) is 4.31 Å². The summed E-state index contributed by atoms with van der Waals surface area (Å²) in [7, 11) is -5.76. The third kappa shape index (κ3) is 2.95. The number of piperazine rings is 1. The van der Waals surface area contributed by atoms with Crippen molar-refractivity contribution < 1.29 is 16.8 Å². The zero-order valence-corrected chi connectivity index (χ0v) is 11.9. The third-order valence-corrected chi connectivity index (χ3v) is 5.71. The van der Waals surface area contributed by atoms with E-state index in [2.05, 4.69) is 4.98 Å². The van der Waals surface area contributed by atoms with E-state index < -0.39 is 20.2 Å². The first-order valence-corrected chi connectivity index (χ1v) is 8.41. The van der Waals surface area contributed by atoms with Crippen molar-refractivity contribution in [1.82, 2.24) is 18.2 Å². The summed E-state index contributed by atoms with van der Waals surface area (Å²) in [5.41, 5.74) is 0. The molecule has 1 fully saturated rings. The van der Waals surface area contributed by atoms with E-state index >= 15 is 0 Å². The maximum absolute atomic E-state index is 12.2. The van der Waals surface area contributed by atoms with E-state index in [1.165, 1.54) is 21.4 Å². The lowest BCUT2D eigenvalue weighted by atomic mass is 10.4. The number of imidazole rings is 1. The average Bonchev–Trinajstić information content (AvgIpc) is 2.76. The molecule has 2 rings (SSSR count). The van der Waals surface area contributed by atoms with Gasteiger partial charge in [-0.05, 0) is 0 Å². The fraction of sp³-hybridized carbons (Fsp3) is 0.625. The molecule has 9 nitrogen and oxygen atoms in total. The predicted octanol–water partition coefficient (Wildman–Crippen LogP) is -2.07. The summed E-state index contributed by atoms with van der Waals surface area (Å²) in [6.45, 7) is 0.223. The Morgan fingerprint density at radius 3 is 2.05 bits per heavy atom. The minimum atomic E-state index is -3.76. The molecule has 1 aromatic heterocycles. The first kappa shape index (κ1) is 14.4. The number of hydrogen-bond donors (Lipinski definition) is 1. The Bertz CT molecular complexity index is 657. The van der Waals surface area contributed by atoms with Gasteiger partial charge in [0.25, 0.3) is 20.2 Å². The van der Waals surface area contributed by atoms with Gasteiger partial charge in [-0.3, -0.25) is 0 Å². The molecule has 0 aliphatic carbocycles. The second-order valence-electron chi connectivity index (χ2n) is 4.23. The maximum atomic E-state index is 12.2. The van der Waals surface area contributed by atoms with Crippen LogP contribution >= 0.6 is 0 Å². The number of aryl methyl sites for hydroxylation is 1. The van der Waals surface area contributed by atoms with Crippen LogP contribution in [0, 0.1) is 0 Å². The lowest BCUT2D eigenvalue weighted by Gasteiger charge is -2.31. The van der Waals surface area contributed by atoms with Gasteiger partial charge in [0, 0.05) is 39.4 Å². The Balaban J connectivity index is 2.14. The first-order chi connectivity index (χ1) is 8.71. The molecule has 108 valence electrons. The summed E-state index contributed by atoms with van der Waals surface area (Å²) < 4.78 is 50.5. The van der Waals surface area contributed by atoms with E-state index in [-0.39, 0.29) is 31.2 Å². The van der Waals surface area contributed by atoms with Crippen LogP contribution in [-0.2, 0) is 27.3 Å². The quantitative estimate of drug-likeness (QED) is 0.688. The van der Waals surface area contributed by atoms with Crippen LogP contribution in [0.2, 0.25) is 0 Å². The lowest BCUT2D eigenvalue weighted by Crippen LogP contribution is -2.52. The van der Waals surface area contributed by atoms with Gasteiger partial charge in [0.2, 0.25) is 0 Å². The van der Waals surface area contributed by atoms with Crippen molar-refractivity contribution in [2.45, 2.75) is 5.03 Å². The molecule has 11 heteroatoms. The Hall–Kier alpha value is -1.01. The maximum Gasteiger partial charge on any atom is 0.276 e. The number of aromatic nitrogens is 2. The fourth-order valence-corrected chi connectivity index (χ4v) is 3.88. The first-order valence-electron chi connectivity index (χ1n) is 5.47. The normalized spacial score (nSPS) is 19.7. The molecule has 1 aliphatic heterocycles. The van der Waals surface area contributed by atoms with Gasteiger partial charge in [-0.1, -0.05) is 0 Å². The molecule has 0 aromatic carbocycles. The molecule has 2 N–H and O–H groups in total. The molecule has 19 heavy (non-hydrogen) atoms. The average molecular weight is 309 g/mol. The van der Waals surface area contributed by atoms with Crippen LogP contribution in [0.1, 0.15) is 0 Å². The number of nitrogens with zero attached hydrogens (tertiary/aromatic N) is 4. The van der Waals surface area contributed by atoms with Crippen LogP contribution in [0.3, 0.4) is 0 Å². The van der Waals surface area contributed by atoms with Crippen molar-refractivity contribution in [3.05, 3.63) is 12.5 Å². The Kier molecular flexibility index (Phi) is 3.66. The van der Waals surface area contributed by atoms with Gasteiger partial charge in [-0.25, -0.2) is 18.5 Å². The van der Waals surface area contributed by atoms with Gasteiger partial charge in [0.05, 0.1) is 6.33 Å². The van der Waals surface area contributed by atoms with Gasteiger partial charge in [0.1, 0.15) is 0 Å². The van der Waals surface area contributed by atoms with Crippen molar-refractivity contribution in [2.24, 2.45) is 12.2 Å². The highest BCUT2D eigenvalue weighted by atomic mass is 32.2. The SMILES string of the molecule is Cn1cnc(S(=O)(=O)N2CCN(S(N)(=O)=O)CC2)c1. The van der Waals surface area contributed by atoms with Crippen LogP contribution in [0.15, 0.2) is 17.6 Å². The zero-order chi connectivity index (χ0) is 14.3. The number of nitrogens with two attached hydrogens (primary N) is 1. The van der Waals surface area contributed by atoms with Crippen LogP contribution in [0.25, 0.3) is 0 Å². The molecule has 2 heterocycles. The number of sulfonamides is 1. The molecular formula is C8H15N5O4S2. The van der Waals surface area contributed by atoms with E-state index in [0.29, 0.717) is 0 Å². The monoisotopic (exact) mass is 309 g/mol. The minimum absolute atomic E-state index is 0.0425. The van der Waals surface area contributed by atoms with Crippen molar-refractivity contribution in [3.8, 4) is 0 Å². The van der Waals surface area contributed by atoms with Crippen LogP contribution < -0.4 is 5.14 Å². The highest BCUT2D eigenvalue weighted by molar-refractivity contribution is 7.89.